The van der Waals surface area contributed by atoms with Crippen molar-refractivity contribution in [2.75, 3.05) is 0 Å². The number of aromatic nitrogens is 1. The number of hydrogen-bond acceptors (Lipinski definition) is 4. The Morgan fingerprint density at radius 1 is 1.00 bits per heavy atom. The third kappa shape index (κ3) is 7.15. The van der Waals surface area contributed by atoms with Crippen LogP contribution in [0.2, 0.25) is 5.02 Å². The van der Waals surface area contributed by atoms with E-state index in [0.717, 1.165) is 45.0 Å². The maximum absolute atomic E-state index is 13.1. The van der Waals surface area contributed by atoms with Crippen LogP contribution in [0.5, 0.6) is 0 Å². The molecule has 0 spiro atoms. The van der Waals surface area contributed by atoms with Crippen molar-refractivity contribution in [3.63, 3.8) is 0 Å². The normalized spacial score (nSPS) is 11.4. The number of hydrogen-bond donors (Lipinski definition) is 0. The first-order valence-electron chi connectivity index (χ1n) is 11.2. The molecule has 4 aromatic rings. The van der Waals surface area contributed by atoms with E-state index in [1.165, 1.54) is 11.3 Å². The highest BCUT2D eigenvalue weighted by atomic mass is 35.5. The minimum Gasteiger partial charge on any atom is -0.372 e. The Morgan fingerprint density at radius 3 is 2.28 bits per heavy atom. The first kappa shape index (κ1) is 27.8. The van der Waals surface area contributed by atoms with Gasteiger partial charge in [-0.3, -0.25) is 4.79 Å². The molecule has 0 fully saturated rings. The Balaban J connectivity index is 0.000000253. The van der Waals surface area contributed by atoms with E-state index in [1.54, 1.807) is 19.9 Å². The molecule has 4 rings (SSSR count). The summed E-state index contributed by atoms with van der Waals surface area (Å²) in [6, 6.07) is 13.7. The van der Waals surface area contributed by atoms with Gasteiger partial charge in [0.1, 0.15) is 0 Å². The summed E-state index contributed by atoms with van der Waals surface area (Å²) < 4.78 is 45.4. The molecular weight excluding hydrogens is 507 g/mol. The number of alkyl halides is 3. The third-order valence-corrected chi connectivity index (χ3v) is 6.80. The molecule has 0 aliphatic heterocycles. The van der Waals surface area contributed by atoms with Crippen LogP contribution in [-0.2, 0) is 24.1 Å². The minimum absolute atomic E-state index is 0.0677. The first-order valence-corrected chi connectivity index (χ1v) is 12.4. The summed E-state index contributed by atoms with van der Waals surface area (Å²) in [5.74, 6) is 0.0677. The molecule has 0 amide bonds. The van der Waals surface area contributed by atoms with Gasteiger partial charge in [-0.1, -0.05) is 41.4 Å². The molecule has 8 heteroatoms. The van der Waals surface area contributed by atoms with Gasteiger partial charge in [-0.25, -0.2) is 4.98 Å². The van der Waals surface area contributed by atoms with Gasteiger partial charge in [0.05, 0.1) is 34.0 Å². The van der Waals surface area contributed by atoms with Crippen molar-refractivity contribution in [2.24, 2.45) is 0 Å². The van der Waals surface area contributed by atoms with Crippen molar-refractivity contribution in [1.82, 2.24) is 4.98 Å². The highest BCUT2D eigenvalue weighted by Gasteiger charge is 2.31. The lowest BCUT2D eigenvalue weighted by atomic mass is 10.0. The van der Waals surface area contributed by atoms with Gasteiger partial charge in [0.2, 0.25) is 0 Å². The van der Waals surface area contributed by atoms with E-state index >= 15 is 0 Å². The first-order chi connectivity index (χ1) is 16.8. The second kappa shape index (κ2) is 11.5. The quantitative estimate of drug-likeness (QED) is 0.241. The van der Waals surface area contributed by atoms with Crippen molar-refractivity contribution in [3.8, 4) is 0 Å². The Kier molecular flexibility index (Phi) is 8.93. The lowest BCUT2D eigenvalue weighted by Gasteiger charge is -2.10. The summed E-state index contributed by atoms with van der Waals surface area (Å²) in [6.07, 6.45) is -4.38. The summed E-state index contributed by atoms with van der Waals surface area (Å²) >= 11 is 7.08. The Labute approximate surface area is 217 Å². The predicted octanol–water partition coefficient (Wildman–Crippen LogP) is 8.81. The van der Waals surface area contributed by atoms with Gasteiger partial charge in [-0.05, 0) is 75.6 Å². The lowest BCUT2D eigenvalue weighted by Crippen LogP contribution is -2.06. The van der Waals surface area contributed by atoms with Gasteiger partial charge < -0.3 is 4.74 Å². The molecule has 190 valence electrons. The SMILES string of the molecule is CC(=O)c1cc(Cl)cc(C)c1C.Cc1ccc(COCc2cc(C(F)(F)F)cc3sc(C)nc23)cc1. The van der Waals surface area contributed by atoms with Crippen LogP contribution in [0.25, 0.3) is 10.2 Å². The van der Waals surface area contributed by atoms with Crippen molar-refractivity contribution < 1.29 is 22.7 Å². The molecule has 36 heavy (non-hydrogen) atoms. The minimum atomic E-state index is -4.38. The molecule has 0 bridgehead atoms. The molecule has 0 aliphatic rings. The molecular formula is C28H27ClF3NO2S. The number of thiazole rings is 1. The monoisotopic (exact) mass is 533 g/mol. The van der Waals surface area contributed by atoms with Crippen LogP contribution in [0.15, 0.2) is 48.5 Å². The molecule has 0 radical (unpaired) electrons. The predicted molar refractivity (Wildman–Crippen MR) is 140 cm³/mol. The fourth-order valence-electron chi connectivity index (χ4n) is 3.63. The summed E-state index contributed by atoms with van der Waals surface area (Å²) in [5.41, 5.74) is 5.34. The molecule has 0 unspecified atom stereocenters. The molecule has 3 aromatic carbocycles. The zero-order valence-corrected chi connectivity index (χ0v) is 22.3. The Hall–Kier alpha value is -2.74. The Morgan fingerprint density at radius 2 is 1.67 bits per heavy atom. The smallest absolute Gasteiger partial charge is 0.372 e. The van der Waals surface area contributed by atoms with Crippen molar-refractivity contribution >= 4 is 38.9 Å². The topological polar surface area (TPSA) is 39.2 Å². The maximum Gasteiger partial charge on any atom is 0.416 e. The van der Waals surface area contributed by atoms with Crippen LogP contribution >= 0.6 is 22.9 Å². The summed E-state index contributed by atoms with van der Waals surface area (Å²) in [4.78, 5) is 15.5. The molecule has 0 atom stereocenters. The molecule has 1 heterocycles. The number of ether oxygens (including phenoxy) is 1. The second-order valence-electron chi connectivity index (χ2n) is 8.64. The van der Waals surface area contributed by atoms with Crippen LogP contribution in [0.3, 0.4) is 0 Å². The summed E-state index contributed by atoms with van der Waals surface area (Å²) in [5, 5.41) is 1.37. The average molecular weight is 534 g/mol. The molecule has 0 N–H and O–H groups in total. The molecule has 3 nitrogen and oxygen atoms in total. The molecule has 0 saturated carbocycles. The van der Waals surface area contributed by atoms with Gasteiger partial charge in [0.15, 0.2) is 5.78 Å². The van der Waals surface area contributed by atoms with E-state index in [4.69, 9.17) is 16.3 Å². The molecule has 1 aromatic heterocycles. The number of benzene rings is 3. The number of rotatable bonds is 5. The molecule has 0 aliphatic carbocycles. The standard InChI is InChI=1S/C18H16F3NOS.C10H11ClO/c1-11-3-5-13(6-4-11)9-23-10-14-7-15(18(19,20)21)8-16-17(14)22-12(2)24-16;1-6-4-9(11)5-10(7(6)2)8(3)12/h3-8H,9-10H2,1-2H3;4-5H,1-3H3. The number of Topliss-reactive ketones (excluding diaryl/α,β-unsaturated/α-hetero) is 1. The average Bonchev–Trinajstić information content (AvgIpc) is 3.17. The number of carbonyl (C=O) groups is 1. The van der Waals surface area contributed by atoms with E-state index < -0.39 is 11.7 Å². The van der Waals surface area contributed by atoms with Gasteiger partial charge in [-0.15, -0.1) is 11.3 Å². The van der Waals surface area contributed by atoms with Gasteiger partial charge in [0.25, 0.3) is 0 Å². The van der Waals surface area contributed by atoms with E-state index in [9.17, 15) is 18.0 Å². The fourth-order valence-corrected chi connectivity index (χ4v) is 4.81. The van der Waals surface area contributed by atoms with Crippen LogP contribution in [0.1, 0.15) is 55.7 Å². The van der Waals surface area contributed by atoms with Crippen molar-refractivity contribution in [2.45, 2.75) is 54.0 Å². The number of nitrogens with zero attached hydrogens (tertiary/aromatic N) is 1. The van der Waals surface area contributed by atoms with Crippen molar-refractivity contribution in [1.29, 1.82) is 0 Å². The van der Waals surface area contributed by atoms with Gasteiger partial charge in [0, 0.05) is 16.1 Å². The van der Waals surface area contributed by atoms with E-state index in [-0.39, 0.29) is 12.4 Å². The fraction of sp³-hybridized carbons (Fsp3) is 0.286. The summed E-state index contributed by atoms with van der Waals surface area (Å²) in [7, 11) is 0. The lowest BCUT2D eigenvalue weighted by molar-refractivity contribution is -0.137. The highest BCUT2D eigenvalue weighted by Crippen LogP contribution is 2.35. The van der Waals surface area contributed by atoms with Crippen molar-refractivity contribution in [3.05, 3.63) is 97.5 Å². The van der Waals surface area contributed by atoms with Gasteiger partial charge in [-0.2, -0.15) is 13.2 Å². The van der Waals surface area contributed by atoms with E-state index in [0.29, 0.717) is 27.4 Å². The zero-order valence-electron chi connectivity index (χ0n) is 20.7. The largest absolute Gasteiger partial charge is 0.416 e. The Bertz CT molecular complexity index is 1380. The van der Waals surface area contributed by atoms with E-state index in [2.05, 4.69) is 4.98 Å². The number of carbonyl (C=O) groups excluding carboxylic acids is 1. The summed E-state index contributed by atoms with van der Waals surface area (Å²) in [6.45, 7) is 9.66. The number of fused-ring (bicyclic) bond motifs is 1. The van der Waals surface area contributed by atoms with Crippen LogP contribution < -0.4 is 0 Å². The zero-order chi connectivity index (χ0) is 26.6. The third-order valence-electron chi connectivity index (χ3n) is 5.67. The van der Waals surface area contributed by atoms with Crippen LogP contribution in [0.4, 0.5) is 13.2 Å². The highest BCUT2D eigenvalue weighted by molar-refractivity contribution is 7.18. The van der Waals surface area contributed by atoms with Crippen LogP contribution in [0, 0.1) is 27.7 Å². The number of aryl methyl sites for hydroxylation is 3. The maximum atomic E-state index is 13.1. The number of halogens is 4. The molecule has 0 saturated heterocycles. The van der Waals surface area contributed by atoms with Crippen LogP contribution in [-0.4, -0.2) is 10.8 Å². The van der Waals surface area contributed by atoms with E-state index in [1.807, 2.05) is 51.1 Å². The number of ketones is 1. The second-order valence-corrected chi connectivity index (χ2v) is 10.3. The van der Waals surface area contributed by atoms with Gasteiger partial charge >= 0.3 is 6.18 Å².